The van der Waals surface area contributed by atoms with Crippen molar-refractivity contribution in [2.24, 2.45) is 0 Å². The summed E-state index contributed by atoms with van der Waals surface area (Å²) in [5.74, 6) is 1.24. The van der Waals surface area contributed by atoms with Gasteiger partial charge in [0.25, 0.3) is 0 Å². The first-order valence-corrected chi connectivity index (χ1v) is 11.7. The zero-order chi connectivity index (χ0) is 25.1. The molecule has 4 heterocycles. The molecule has 0 aliphatic carbocycles. The quantitative estimate of drug-likeness (QED) is 0.340. The molecule has 3 N–H and O–H groups in total. The van der Waals surface area contributed by atoms with Crippen LogP contribution in [0.1, 0.15) is 25.1 Å². The van der Waals surface area contributed by atoms with E-state index in [1.165, 1.54) is 0 Å². The van der Waals surface area contributed by atoms with Gasteiger partial charge in [0.1, 0.15) is 18.0 Å². The van der Waals surface area contributed by atoms with Crippen molar-refractivity contribution in [3.63, 3.8) is 0 Å². The summed E-state index contributed by atoms with van der Waals surface area (Å²) in [6.07, 6.45) is 2.48. The molecule has 186 valence electrons. The number of aliphatic hydroxyl groups excluding tert-OH is 1. The average molecular weight is 490 g/mol. The van der Waals surface area contributed by atoms with Crippen LogP contribution in [-0.2, 0) is 16.1 Å². The zero-order valence-corrected chi connectivity index (χ0v) is 20.0. The molecule has 11 nitrogen and oxygen atoms in total. The molecule has 1 fully saturated rings. The number of carbonyl (C=O) groups is 1. The molecule has 0 saturated carbocycles. The maximum absolute atomic E-state index is 12.3. The molecule has 0 spiro atoms. The molecule has 1 saturated heterocycles. The zero-order valence-electron chi connectivity index (χ0n) is 20.0. The Kier molecular flexibility index (Phi) is 6.74. The molecule has 1 aliphatic rings. The fourth-order valence-corrected chi connectivity index (χ4v) is 4.15. The Morgan fingerprint density at radius 3 is 2.86 bits per heavy atom. The molecule has 0 radical (unpaired) electrons. The van der Waals surface area contributed by atoms with Gasteiger partial charge in [0.2, 0.25) is 5.91 Å². The second-order valence-corrected chi connectivity index (χ2v) is 8.39. The van der Waals surface area contributed by atoms with E-state index in [1.54, 1.807) is 36.5 Å². The van der Waals surface area contributed by atoms with Crippen LogP contribution < -0.4 is 15.4 Å². The highest BCUT2D eigenvalue weighted by Crippen LogP contribution is 2.33. The van der Waals surface area contributed by atoms with Gasteiger partial charge >= 0.3 is 0 Å². The predicted octanol–water partition coefficient (Wildman–Crippen LogP) is 2.29. The molecule has 3 atom stereocenters. The van der Waals surface area contributed by atoms with Gasteiger partial charge in [-0.15, -0.1) is 0 Å². The number of nitrogens with one attached hydrogen (secondary N) is 2. The highest BCUT2D eigenvalue weighted by molar-refractivity contribution is 5.85. The van der Waals surface area contributed by atoms with Crippen LogP contribution in [0.3, 0.4) is 0 Å². The lowest BCUT2D eigenvalue weighted by molar-refractivity contribution is -0.134. The molecule has 5 rings (SSSR count). The number of anilines is 1. The summed E-state index contributed by atoms with van der Waals surface area (Å²) < 4.78 is 12.9. The summed E-state index contributed by atoms with van der Waals surface area (Å²) in [5, 5.41) is 16.8. The molecule has 1 aromatic carbocycles. The molecule has 3 aromatic heterocycles. The van der Waals surface area contributed by atoms with Gasteiger partial charge in [-0.25, -0.2) is 15.0 Å². The van der Waals surface area contributed by atoms with Gasteiger partial charge in [-0.1, -0.05) is 30.3 Å². The number of aliphatic hydroxyl groups is 1. The van der Waals surface area contributed by atoms with E-state index in [0.717, 1.165) is 5.56 Å². The normalized spacial score (nSPS) is 19.4. The smallest absolute Gasteiger partial charge is 0.249 e. The number of nitrogens with zero attached hydrogens (tertiary/aromatic N) is 5. The van der Waals surface area contributed by atoms with Crippen LogP contribution in [0.4, 0.5) is 5.82 Å². The van der Waals surface area contributed by atoms with Crippen LogP contribution in [0.15, 0.2) is 55.1 Å². The minimum Gasteiger partial charge on any atom is -0.495 e. The highest BCUT2D eigenvalue weighted by atomic mass is 16.5. The molecule has 0 unspecified atom stereocenters. The van der Waals surface area contributed by atoms with E-state index >= 15 is 0 Å². The number of methoxy groups -OCH3 is 1. The first kappa shape index (κ1) is 23.6. The van der Waals surface area contributed by atoms with Gasteiger partial charge in [0.05, 0.1) is 19.6 Å². The van der Waals surface area contributed by atoms with Crippen LogP contribution in [0.5, 0.6) is 5.75 Å². The van der Waals surface area contributed by atoms with Crippen LogP contribution >= 0.6 is 0 Å². The lowest BCUT2D eigenvalue weighted by atomic mass is 10.2. The standard InChI is InChI=1S/C25H27N7O4/c1-3-27-24(34)19-10-18(33)25(36-19)32-14-29-20-22(28-11-15-7-5-4-6-8-15)30-21(31-23(20)32)16-9-17(35-2)13-26-12-16/h4-9,12-14,18-19,25,33H,3,10-11H2,1-2H3,(H,27,34)(H,28,30,31)/t18-,19+,25-/m1/s1. The molecule has 36 heavy (non-hydrogen) atoms. The molecular weight excluding hydrogens is 462 g/mol. The number of benzene rings is 1. The Balaban J connectivity index is 1.55. The lowest BCUT2D eigenvalue weighted by Gasteiger charge is -2.17. The fraction of sp³-hybridized carbons (Fsp3) is 0.320. The van der Waals surface area contributed by atoms with Gasteiger partial charge in [-0.2, -0.15) is 0 Å². The maximum Gasteiger partial charge on any atom is 0.249 e. The third kappa shape index (κ3) is 4.70. The van der Waals surface area contributed by atoms with Crippen LogP contribution in [-0.4, -0.2) is 61.4 Å². The van der Waals surface area contributed by atoms with Crippen molar-refractivity contribution in [3.05, 3.63) is 60.7 Å². The molecule has 4 aromatic rings. The van der Waals surface area contributed by atoms with E-state index in [9.17, 15) is 9.90 Å². The van der Waals surface area contributed by atoms with Crippen molar-refractivity contribution in [2.45, 2.75) is 38.3 Å². The number of amides is 1. The van der Waals surface area contributed by atoms with Gasteiger partial charge in [-0.05, 0) is 18.6 Å². The number of fused-ring (bicyclic) bond motifs is 1. The Morgan fingerprint density at radius 2 is 2.08 bits per heavy atom. The number of carbonyl (C=O) groups excluding carboxylic acids is 1. The van der Waals surface area contributed by atoms with Gasteiger partial charge < -0.3 is 25.2 Å². The number of rotatable bonds is 8. The van der Waals surface area contributed by atoms with Gasteiger partial charge in [-0.3, -0.25) is 14.3 Å². The average Bonchev–Trinajstić information content (AvgIpc) is 3.51. The van der Waals surface area contributed by atoms with E-state index < -0.39 is 18.4 Å². The molecule has 11 heteroatoms. The third-order valence-corrected chi connectivity index (χ3v) is 5.94. The third-order valence-electron chi connectivity index (χ3n) is 5.94. The summed E-state index contributed by atoms with van der Waals surface area (Å²) in [7, 11) is 1.57. The summed E-state index contributed by atoms with van der Waals surface area (Å²) in [6, 6.07) is 11.7. The maximum atomic E-state index is 12.3. The minimum atomic E-state index is -0.910. The summed E-state index contributed by atoms with van der Waals surface area (Å²) in [6.45, 7) is 2.84. The Labute approximate surface area is 207 Å². The summed E-state index contributed by atoms with van der Waals surface area (Å²) in [5.41, 5.74) is 2.70. The summed E-state index contributed by atoms with van der Waals surface area (Å²) >= 11 is 0. The number of pyridine rings is 1. The number of hydrogen-bond acceptors (Lipinski definition) is 9. The van der Waals surface area contributed by atoms with Gasteiger partial charge in [0, 0.05) is 31.3 Å². The lowest BCUT2D eigenvalue weighted by Crippen LogP contribution is -2.34. The van der Waals surface area contributed by atoms with Crippen LogP contribution in [0.25, 0.3) is 22.6 Å². The van der Waals surface area contributed by atoms with E-state index in [2.05, 4.69) is 20.6 Å². The fourth-order valence-electron chi connectivity index (χ4n) is 4.15. The van der Waals surface area contributed by atoms with Crippen molar-refractivity contribution in [2.75, 3.05) is 19.0 Å². The van der Waals surface area contributed by atoms with E-state index in [4.69, 9.17) is 19.4 Å². The van der Waals surface area contributed by atoms with E-state index in [-0.39, 0.29) is 12.3 Å². The minimum absolute atomic E-state index is 0.174. The van der Waals surface area contributed by atoms with Crippen molar-refractivity contribution >= 4 is 22.9 Å². The van der Waals surface area contributed by atoms with Gasteiger partial charge in [0.15, 0.2) is 29.0 Å². The van der Waals surface area contributed by atoms with Crippen molar-refractivity contribution in [1.29, 1.82) is 0 Å². The van der Waals surface area contributed by atoms with Crippen molar-refractivity contribution in [3.8, 4) is 17.1 Å². The van der Waals surface area contributed by atoms with Crippen LogP contribution in [0.2, 0.25) is 0 Å². The van der Waals surface area contributed by atoms with Crippen molar-refractivity contribution < 1.29 is 19.4 Å². The number of hydrogen-bond donors (Lipinski definition) is 3. The molecule has 1 aliphatic heterocycles. The number of likely N-dealkylation sites (N-methyl/N-ethyl adjacent to an activating group) is 1. The van der Waals surface area contributed by atoms with E-state index in [1.807, 2.05) is 37.3 Å². The molecule has 0 bridgehead atoms. The Bertz CT molecular complexity index is 1360. The summed E-state index contributed by atoms with van der Waals surface area (Å²) in [4.78, 5) is 30.5. The Morgan fingerprint density at radius 1 is 1.25 bits per heavy atom. The predicted molar refractivity (Wildman–Crippen MR) is 132 cm³/mol. The second-order valence-electron chi connectivity index (χ2n) is 8.39. The monoisotopic (exact) mass is 489 g/mol. The topological polar surface area (TPSA) is 136 Å². The molecular formula is C25H27N7O4. The number of ether oxygens (including phenoxy) is 2. The van der Waals surface area contributed by atoms with Crippen LogP contribution in [0, 0.1) is 0 Å². The number of imidazole rings is 1. The van der Waals surface area contributed by atoms with E-state index in [0.29, 0.717) is 47.2 Å². The van der Waals surface area contributed by atoms with Crippen molar-refractivity contribution in [1.82, 2.24) is 29.8 Å². The first-order valence-electron chi connectivity index (χ1n) is 11.7. The number of aromatic nitrogens is 5. The first-order chi connectivity index (χ1) is 17.6. The largest absolute Gasteiger partial charge is 0.495 e. The highest BCUT2D eigenvalue weighted by Gasteiger charge is 2.39. The SMILES string of the molecule is CCNC(=O)[C@@H]1C[C@@H](O)[C@H](n2cnc3c(NCc4ccccc4)nc(-c4cncc(OC)c4)nc32)O1. The Hall–Kier alpha value is -4.09. The molecule has 1 amide bonds. The second kappa shape index (κ2) is 10.3.